The number of hydrogen-bond donors (Lipinski definition) is 3. The van der Waals surface area contributed by atoms with Crippen LogP contribution in [0.5, 0.6) is 0 Å². The third-order valence-corrected chi connectivity index (χ3v) is 3.11. The van der Waals surface area contributed by atoms with Crippen molar-refractivity contribution in [1.82, 2.24) is 5.32 Å². The van der Waals surface area contributed by atoms with Crippen molar-refractivity contribution >= 4 is 11.9 Å². The number of hydrogen-bond acceptors (Lipinski definition) is 3. The van der Waals surface area contributed by atoms with E-state index in [1.54, 1.807) is 26.0 Å². The van der Waals surface area contributed by atoms with Gasteiger partial charge in [0.15, 0.2) is 0 Å². The van der Waals surface area contributed by atoms with Crippen LogP contribution >= 0.6 is 0 Å². The van der Waals surface area contributed by atoms with Gasteiger partial charge in [0.25, 0.3) is 5.91 Å². The molecule has 1 atom stereocenters. The number of aliphatic hydroxyl groups excluding tert-OH is 1. The van der Waals surface area contributed by atoms with Gasteiger partial charge >= 0.3 is 5.97 Å². The van der Waals surface area contributed by atoms with Crippen LogP contribution in [0.2, 0.25) is 0 Å². The number of aromatic carboxylic acids is 1. The summed E-state index contributed by atoms with van der Waals surface area (Å²) in [5, 5.41) is 21.0. The maximum atomic E-state index is 12.2. The summed E-state index contributed by atoms with van der Waals surface area (Å²) < 4.78 is 0. The van der Waals surface area contributed by atoms with Gasteiger partial charge in [-0.1, -0.05) is 19.1 Å². The largest absolute Gasteiger partial charge is 0.478 e. The number of carboxylic acids is 1. The number of carbonyl (C=O) groups excluding carboxylic acids is 1. The number of carboxylic acid groups (broad SMARTS) is 1. The Bertz CT molecular complexity index is 492. The second-order valence-corrected chi connectivity index (χ2v) is 4.52. The normalized spacial score (nSPS) is 12.0. The van der Waals surface area contributed by atoms with E-state index in [1.807, 2.05) is 6.92 Å². The van der Waals surface area contributed by atoms with E-state index in [-0.39, 0.29) is 23.8 Å². The minimum atomic E-state index is -1.12. The Morgan fingerprint density at radius 3 is 2.16 bits per heavy atom. The predicted octanol–water partition coefficient (Wildman–Crippen LogP) is 1.50. The van der Waals surface area contributed by atoms with Crippen molar-refractivity contribution in [3.05, 3.63) is 34.4 Å². The molecule has 5 heteroatoms. The summed E-state index contributed by atoms with van der Waals surface area (Å²) in [5.41, 5.74) is 1.33. The molecule has 0 saturated carbocycles. The highest BCUT2D eigenvalue weighted by atomic mass is 16.4. The van der Waals surface area contributed by atoms with Crippen LogP contribution in [0.3, 0.4) is 0 Å². The summed E-state index contributed by atoms with van der Waals surface area (Å²) in [6.45, 7) is 5.02. The average Bonchev–Trinajstić information content (AvgIpc) is 2.37. The zero-order valence-corrected chi connectivity index (χ0v) is 11.4. The molecule has 1 unspecified atom stereocenters. The zero-order valence-electron chi connectivity index (χ0n) is 11.4. The van der Waals surface area contributed by atoms with Crippen LogP contribution in [0.4, 0.5) is 0 Å². The zero-order chi connectivity index (χ0) is 14.6. The summed E-state index contributed by atoms with van der Waals surface area (Å²) in [6, 6.07) is 3.03. The molecular formula is C14H19NO4. The summed E-state index contributed by atoms with van der Waals surface area (Å²) in [5.74, 6) is -1.58. The minimum Gasteiger partial charge on any atom is -0.478 e. The van der Waals surface area contributed by atoms with Gasteiger partial charge in [0.1, 0.15) is 0 Å². The fourth-order valence-electron chi connectivity index (χ4n) is 1.91. The van der Waals surface area contributed by atoms with E-state index in [2.05, 4.69) is 5.32 Å². The standard InChI is InChI=1S/C14H19NO4/c1-4-10(7-16)15-13(17)11-8(2)5-6-9(3)12(11)14(18)19/h5-6,10,16H,4,7H2,1-3H3,(H,15,17)(H,18,19). The lowest BCUT2D eigenvalue weighted by Gasteiger charge is -2.17. The Hall–Kier alpha value is -1.88. The molecule has 104 valence electrons. The highest BCUT2D eigenvalue weighted by Crippen LogP contribution is 2.19. The number of rotatable bonds is 5. The lowest BCUT2D eigenvalue weighted by molar-refractivity contribution is 0.0689. The van der Waals surface area contributed by atoms with Crippen LogP contribution in [0.25, 0.3) is 0 Å². The Labute approximate surface area is 112 Å². The number of nitrogens with one attached hydrogen (secondary N) is 1. The van der Waals surface area contributed by atoms with Crippen molar-refractivity contribution in [2.24, 2.45) is 0 Å². The number of aliphatic hydroxyl groups is 1. The van der Waals surface area contributed by atoms with Gasteiger partial charge in [0.2, 0.25) is 0 Å². The van der Waals surface area contributed by atoms with Crippen molar-refractivity contribution in [2.45, 2.75) is 33.2 Å². The van der Waals surface area contributed by atoms with E-state index < -0.39 is 11.9 Å². The van der Waals surface area contributed by atoms with Crippen LogP contribution in [-0.2, 0) is 0 Å². The van der Waals surface area contributed by atoms with Crippen LogP contribution in [0, 0.1) is 13.8 Å². The Balaban J connectivity index is 3.22. The van der Waals surface area contributed by atoms with Crippen LogP contribution in [-0.4, -0.2) is 34.7 Å². The van der Waals surface area contributed by atoms with Crippen LogP contribution in [0.15, 0.2) is 12.1 Å². The van der Waals surface area contributed by atoms with Gasteiger partial charge in [-0.3, -0.25) is 4.79 Å². The molecule has 0 saturated heterocycles. The fraction of sp³-hybridized carbons (Fsp3) is 0.429. The third-order valence-electron chi connectivity index (χ3n) is 3.11. The highest BCUT2D eigenvalue weighted by molar-refractivity contribution is 6.06. The molecule has 0 aromatic heterocycles. The molecule has 0 fully saturated rings. The maximum Gasteiger partial charge on any atom is 0.336 e. The smallest absolute Gasteiger partial charge is 0.336 e. The molecule has 0 aliphatic heterocycles. The summed E-state index contributed by atoms with van der Waals surface area (Å²) >= 11 is 0. The van der Waals surface area contributed by atoms with Crippen molar-refractivity contribution in [3.63, 3.8) is 0 Å². The van der Waals surface area contributed by atoms with E-state index in [0.29, 0.717) is 17.5 Å². The highest BCUT2D eigenvalue weighted by Gasteiger charge is 2.22. The Kier molecular flexibility index (Phi) is 5.06. The monoisotopic (exact) mass is 265 g/mol. The quantitative estimate of drug-likeness (QED) is 0.753. The fourth-order valence-corrected chi connectivity index (χ4v) is 1.91. The topological polar surface area (TPSA) is 86.6 Å². The van der Waals surface area contributed by atoms with Crippen molar-refractivity contribution in [1.29, 1.82) is 0 Å². The summed E-state index contributed by atoms with van der Waals surface area (Å²) in [7, 11) is 0. The van der Waals surface area contributed by atoms with Crippen LogP contribution in [0.1, 0.15) is 45.2 Å². The van der Waals surface area contributed by atoms with Crippen molar-refractivity contribution in [2.75, 3.05) is 6.61 Å². The SMILES string of the molecule is CCC(CO)NC(=O)c1c(C)ccc(C)c1C(=O)O. The maximum absolute atomic E-state index is 12.2. The lowest BCUT2D eigenvalue weighted by atomic mass is 9.96. The number of amides is 1. The second-order valence-electron chi connectivity index (χ2n) is 4.52. The lowest BCUT2D eigenvalue weighted by Crippen LogP contribution is -2.38. The molecule has 0 aliphatic rings. The first-order valence-electron chi connectivity index (χ1n) is 6.17. The number of benzene rings is 1. The molecule has 5 nitrogen and oxygen atoms in total. The molecule has 0 aliphatic carbocycles. The van der Waals surface area contributed by atoms with E-state index in [1.165, 1.54) is 0 Å². The van der Waals surface area contributed by atoms with E-state index in [9.17, 15) is 14.7 Å². The number of aryl methyl sites for hydroxylation is 2. The van der Waals surface area contributed by atoms with Crippen molar-refractivity contribution < 1.29 is 19.8 Å². The second kappa shape index (κ2) is 6.33. The van der Waals surface area contributed by atoms with Gasteiger partial charge < -0.3 is 15.5 Å². The van der Waals surface area contributed by atoms with Gasteiger partial charge in [-0.05, 0) is 31.4 Å². The molecular weight excluding hydrogens is 246 g/mol. The van der Waals surface area contributed by atoms with Gasteiger partial charge in [-0.25, -0.2) is 4.79 Å². The molecule has 0 heterocycles. The predicted molar refractivity (Wildman–Crippen MR) is 71.5 cm³/mol. The summed E-state index contributed by atoms with van der Waals surface area (Å²) in [6.07, 6.45) is 0.579. The van der Waals surface area contributed by atoms with Gasteiger partial charge in [0.05, 0.1) is 23.8 Å². The Morgan fingerprint density at radius 1 is 1.21 bits per heavy atom. The molecule has 1 amide bonds. The molecule has 0 bridgehead atoms. The van der Waals surface area contributed by atoms with Gasteiger partial charge in [-0.2, -0.15) is 0 Å². The molecule has 1 rings (SSSR count). The average molecular weight is 265 g/mol. The van der Waals surface area contributed by atoms with Gasteiger partial charge in [0, 0.05) is 0 Å². The molecule has 3 N–H and O–H groups in total. The molecule has 19 heavy (non-hydrogen) atoms. The first kappa shape index (κ1) is 15.2. The first-order valence-corrected chi connectivity index (χ1v) is 6.17. The van der Waals surface area contributed by atoms with E-state index in [4.69, 9.17) is 5.11 Å². The minimum absolute atomic E-state index is 0.0188. The van der Waals surface area contributed by atoms with Crippen molar-refractivity contribution in [3.8, 4) is 0 Å². The van der Waals surface area contributed by atoms with Gasteiger partial charge in [-0.15, -0.1) is 0 Å². The van der Waals surface area contributed by atoms with Crippen LogP contribution < -0.4 is 5.32 Å². The van der Waals surface area contributed by atoms with E-state index in [0.717, 1.165) is 0 Å². The third kappa shape index (κ3) is 3.32. The molecule has 0 radical (unpaired) electrons. The first-order chi connectivity index (χ1) is 8.92. The molecule has 1 aromatic carbocycles. The molecule has 1 aromatic rings. The van der Waals surface area contributed by atoms with E-state index >= 15 is 0 Å². The number of carbonyl (C=O) groups is 2. The molecule has 0 spiro atoms. The Morgan fingerprint density at radius 2 is 1.74 bits per heavy atom. The summed E-state index contributed by atoms with van der Waals surface area (Å²) in [4.78, 5) is 23.5.